The average Bonchev–Trinajstić information content (AvgIpc) is 2.43. The summed E-state index contributed by atoms with van der Waals surface area (Å²) in [4.78, 5) is 21.6. The molecule has 8 heteroatoms. The number of hydrogen-bond donors (Lipinski definition) is 1. The number of fused-ring (bicyclic) bond motifs is 1. The molecule has 1 aromatic heterocycles. The Bertz CT molecular complexity index is 735. The van der Waals surface area contributed by atoms with Crippen LogP contribution >= 0.6 is 0 Å². The van der Waals surface area contributed by atoms with Crippen LogP contribution in [0.4, 0.5) is 5.69 Å². The van der Waals surface area contributed by atoms with Gasteiger partial charge in [0.15, 0.2) is 11.5 Å². The predicted molar refractivity (Wildman–Crippen MR) is 68.2 cm³/mol. The first kappa shape index (κ1) is 13.8. The Morgan fingerprint density at radius 3 is 2.40 bits per heavy atom. The Balaban J connectivity index is 2.93. The number of aliphatic hydroxyl groups is 1. The Hall–Kier alpha value is -2.61. The molecule has 106 valence electrons. The summed E-state index contributed by atoms with van der Waals surface area (Å²) < 4.78 is 15.0. The number of rotatable bonds is 4. The molecule has 0 aliphatic heterocycles. The minimum Gasteiger partial charge on any atom is -0.493 e. The quantitative estimate of drug-likeness (QED) is 0.509. The van der Waals surface area contributed by atoms with Gasteiger partial charge in [0.1, 0.15) is 5.58 Å². The van der Waals surface area contributed by atoms with Gasteiger partial charge in [-0.25, -0.2) is 4.79 Å². The van der Waals surface area contributed by atoms with Crippen LogP contribution in [0.3, 0.4) is 0 Å². The number of methoxy groups -OCH3 is 2. The van der Waals surface area contributed by atoms with E-state index in [1.807, 2.05) is 0 Å². The lowest BCUT2D eigenvalue weighted by atomic mass is 10.1. The number of aliphatic hydroxyl groups excluding tert-OH is 1. The fourth-order valence-electron chi connectivity index (χ4n) is 1.92. The van der Waals surface area contributed by atoms with Crippen LogP contribution in [0.15, 0.2) is 21.3 Å². The monoisotopic (exact) mass is 281 g/mol. The predicted octanol–water partition coefficient (Wildman–Crippen LogP) is 1.21. The summed E-state index contributed by atoms with van der Waals surface area (Å²) in [6, 6.07) is 2.79. The number of nitrogens with zero attached hydrogens (tertiary/aromatic N) is 1. The van der Waals surface area contributed by atoms with E-state index in [-0.39, 0.29) is 16.5 Å². The maximum atomic E-state index is 11.6. The van der Waals surface area contributed by atoms with Crippen LogP contribution in [-0.2, 0) is 6.61 Å². The molecule has 0 radical (unpaired) electrons. The average molecular weight is 281 g/mol. The van der Waals surface area contributed by atoms with Crippen LogP contribution < -0.4 is 15.1 Å². The molecule has 0 spiro atoms. The van der Waals surface area contributed by atoms with E-state index in [1.54, 1.807) is 0 Å². The lowest BCUT2D eigenvalue weighted by Crippen LogP contribution is -2.11. The van der Waals surface area contributed by atoms with Crippen molar-refractivity contribution in [1.82, 2.24) is 0 Å². The molecule has 0 aliphatic rings. The fraction of sp³-hybridized carbons (Fsp3) is 0.250. The fourth-order valence-corrected chi connectivity index (χ4v) is 1.92. The van der Waals surface area contributed by atoms with Gasteiger partial charge < -0.3 is 19.0 Å². The van der Waals surface area contributed by atoms with Crippen molar-refractivity contribution in [2.24, 2.45) is 0 Å². The van der Waals surface area contributed by atoms with Crippen molar-refractivity contribution in [3.63, 3.8) is 0 Å². The minimum atomic E-state index is -1.13. The maximum absolute atomic E-state index is 11.6. The van der Waals surface area contributed by atoms with Gasteiger partial charge >= 0.3 is 11.3 Å². The van der Waals surface area contributed by atoms with Gasteiger partial charge in [0.25, 0.3) is 0 Å². The summed E-state index contributed by atoms with van der Waals surface area (Å²) >= 11 is 0. The SMILES string of the molecule is COc1cc2oc(=O)c([N+](=O)[O-])c(CO)c2cc1OC. The van der Waals surface area contributed by atoms with Crippen LogP contribution in [0.2, 0.25) is 0 Å². The molecule has 1 N–H and O–H groups in total. The van der Waals surface area contributed by atoms with Gasteiger partial charge in [0.05, 0.1) is 31.3 Å². The van der Waals surface area contributed by atoms with Crippen molar-refractivity contribution in [2.45, 2.75) is 6.61 Å². The number of benzene rings is 1. The largest absolute Gasteiger partial charge is 0.493 e. The lowest BCUT2D eigenvalue weighted by molar-refractivity contribution is -0.388. The summed E-state index contributed by atoms with van der Waals surface area (Å²) in [6.07, 6.45) is 0. The summed E-state index contributed by atoms with van der Waals surface area (Å²) in [7, 11) is 2.80. The van der Waals surface area contributed by atoms with E-state index in [0.29, 0.717) is 11.5 Å². The Kier molecular flexibility index (Phi) is 3.57. The third-order valence-electron chi connectivity index (χ3n) is 2.83. The summed E-state index contributed by atoms with van der Waals surface area (Å²) in [5, 5.41) is 20.4. The van der Waals surface area contributed by atoms with Gasteiger partial charge in [-0.15, -0.1) is 0 Å². The molecule has 0 saturated heterocycles. The van der Waals surface area contributed by atoms with Gasteiger partial charge in [-0.05, 0) is 6.07 Å². The van der Waals surface area contributed by atoms with Crippen molar-refractivity contribution >= 4 is 16.7 Å². The minimum absolute atomic E-state index is 0.0716. The van der Waals surface area contributed by atoms with Crippen LogP contribution in [0, 0.1) is 10.1 Å². The van der Waals surface area contributed by atoms with Gasteiger partial charge in [-0.3, -0.25) is 10.1 Å². The zero-order chi connectivity index (χ0) is 14.9. The Morgan fingerprint density at radius 1 is 1.30 bits per heavy atom. The second kappa shape index (κ2) is 5.17. The van der Waals surface area contributed by atoms with E-state index in [2.05, 4.69) is 0 Å². The summed E-state index contributed by atoms with van der Waals surface area (Å²) in [5.41, 5.74) is -1.96. The molecule has 0 aliphatic carbocycles. The topological polar surface area (TPSA) is 112 Å². The molecule has 20 heavy (non-hydrogen) atoms. The highest BCUT2D eigenvalue weighted by molar-refractivity contribution is 5.86. The van der Waals surface area contributed by atoms with Gasteiger partial charge in [-0.1, -0.05) is 0 Å². The molecule has 1 aromatic carbocycles. The van der Waals surface area contributed by atoms with E-state index < -0.39 is 22.8 Å². The zero-order valence-electron chi connectivity index (χ0n) is 10.7. The number of nitro groups is 1. The van der Waals surface area contributed by atoms with Crippen LogP contribution in [0.1, 0.15) is 5.56 Å². The molecular weight excluding hydrogens is 270 g/mol. The van der Waals surface area contributed by atoms with Crippen molar-refractivity contribution in [1.29, 1.82) is 0 Å². The van der Waals surface area contributed by atoms with E-state index in [1.165, 1.54) is 26.4 Å². The molecule has 0 saturated carbocycles. The third kappa shape index (κ3) is 2.05. The molecule has 0 fully saturated rings. The molecular formula is C12H11NO7. The molecule has 0 unspecified atom stereocenters. The first-order valence-electron chi connectivity index (χ1n) is 5.50. The Morgan fingerprint density at radius 2 is 1.90 bits per heavy atom. The molecule has 2 aromatic rings. The van der Waals surface area contributed by atoms with Crippen LogP contribution in [-0.4, -0.2) is 24.2 Å². The molecule has 0 amide bonds. The second-order valence-electron chi connectivity index (χ2n) is 3.84. The highest BCUT2D eigenvalue weighted by Gasteiger charge is 2.25. The van der Waals surface area contributed by atoms with Crippen molar-refractivity contribution < 1.29 is 23.9 Å². The lowest BCUT2D eigenvalue weighted by Gasteiger charge is -2.10. The van der Waals surface area contributed by atoms with Crippen LogP contribution in [0.25, 0.3) is 11.0 Å². The van der Waals surface area contributed by atoms with Crippen LogP contribution in [0.5, 0.6) is 11.5 Å². The molecule has 0 bridgehead atoms. The highest BCUT2D eigenvalue weighted by Crippen LogP contribution is 2.35. The first-order chi connectivity index (χ1) is 9.53. The number of hydrogen-bond acceptors (Lipinski definition) is 7. The summed E-state index contributed by atoms with van der Waals surface area (Å²) in [6.45, 7) is -0.673. The van der Waals surface area contributed by atoms with Crippen molar-refractivity contribution in [3.8, 4) is 11.5 Å². The smallest absolute Gasteiger partial charge is 0.415 e. The number of ether oxygens (including phenoxy) is 2. The molecule has 1 heterocycles. The zero-order valence-corrected chi connectivity index (χ0v) is 10.7. The summed E-state index contributed by atoms with van der Waals surface area (Å²) in [5.74, 6) is 0.610. The second-order valence-corrected chi connectivity index (χ2v) is 3.84. The van der Waals surface area contributed by atoms with Crippen molar-refractivity contribution in [2.75, 3.05) is 14.2 Å². The van der Waals surface area contributed by atoms with E-state index in [4.69, 9.17) is 13.9 Å². The van der Waals surface area contributed by atoms with Gasteiger partial charge in [0, 0.05) is 11.5 Å². The van der Waals surface area contributed by atoms with E-state index in [0.717, 1.165) is 0 Å². The van der Waals surface area contributed by atoms with Crippen molar-refractivity contribution in [3.05, 3.63) is 38.2 Å². The molecule has 8 nitrogen and oxygen atoms in total. The Labute approximate surface area is 112 Å². The first-order valence-corrected chi connectivity index (χ1v) is 5.50. The standard InChI is InChI=1S/C12H11NO7/c1-18-9-3-6-7(5-14)11(13(16)17)12(15)20-8(6)4-10(9)19-2/h3-4,14H,5H2,1-2H3. The van der Waals surface area contributed by atoms with Gasteiger partial charge in [-0.2, -0.15) is 0 Å². The molecule has 2 rings (SSSR count). The normalized spacial score (nSPS) is 10.6. The maximum Gasteiger partial charge on any atom is 0.415 e. The molecule has 0 atom stereocenters. The van der Waals surface area contributed by atoms with Gasteiger partial charge in [0.2, 0.25) is 0 Å². The highest BCUT2D eigenvalue weighted by atomic mass is 16.6. The van der Waals surface area contributed by atoms with E-state index >= 15 is 0 Å². The van der Waals surface area contributed by atoms with E-state index in [9.17, 15) is 20.0 Å². The third-order valence-corrected chi connectivity index (χ3v) is 2.83.